The summed E-state index contributed by atoms with van der Waals surface area (Å²) in [6, 6.07) is 11.6. The van der Waals surface area contributed by atoms with Crippen molar-refractivity contribution in [2.45, 2.75) is 18.4 Å². The van der Waals surface area contributed by atoms with Gasteiger partial charge in [-0.1, -0.05) is 30.3 Å². The van der Waals surface area contributed by atoms with Crippen LogP contribution in [-0.4, -0.2) is 52.7 Å². The Labute approximate surface area is 170 Å². The van der Waals surface area contributed by atoms with Gasteiger partial charge in [-0.2, -0.15) is 0 Å². The van der Waals surface area contributed by atoms with E-state index < -0.39 is 17.9 Å². The Morgan fingerprint density at radius 1 is 0.931 bits per heavy atom. The van der Waals surface area contributed by atoms with Crippen molar-refractivity contribution >= 4 is 5.97 Å². The Hall–Kier alpha value is -2.81. The van der Waals surface area contributed by atoms with E-state index in [-0.39, 0.29) is 6.42 Å². The summed E-state index contributed by atoms with van der Waals surface area (Å²) < 4.78 is 27.5. The summed E-state index contributed by atoms with van der Waals surface area (Å²) >= 11 is 0. The normalized spacial score (nSPS) is 12.3. The second-order valence-electron chi connectivity index (χ2n) is 6.13. The summed E-state index contributed by atoms with van der Waals surface area (Å²) in [6.45, 7) is 0. The van der Waals surface area contributed by atoms with Gasteiger partial charge in [-0.15, -0.1) is 0 Å². The van der Waals surface area contributed by atoms with E-state index in [0.29, 0.717) is 22.8 Å². The topological polar surface area (TPSA) is 95.5 Å². The minimum Gasteiger partial charge on any atom is -0.493 e. The summed E-state index contributed by atoms with van der Waals surface area (Å²) in [7, 11) is 7.28. The predicted molar refractivity (Wildman–Crippen MR) is 106 cm³/mol. The molecule has 8 nitrogen and oxygen atoms in total. The number of hydrogen-bond acceptors (Lipinski definition) is 7. The molecule has 0 aromatic heterocycles. The number of aliphatic carboxylic acids is 1. The van der Waals surface area contributed by atoms with Gasteiger partial charge >= 0.3 is 5.97 Å². The van der Waals surface area contributed by atoms with Gasteiger partial charge in [-0.3, -0.25) is 4.79 Å². The van der Waals surface area contributed by atoms with Crippen molar-refractivity contribution in [3.8, 4) is 17.2 Å². The number of rotatable bonds is 11. The molecule has 1 atom stereocenters. The van der Waals surface area contributed by atoms with Crippen molar-refractivity contribution < 1.29 is 33.6 Å². The van der Waals surface area contributed by atoms with Crippen LogP contribution in [0.2, 0.25) is 0 Å². The molecule has 2 aromatic carbocycles. The molecule has 0 bridgehead atoms. The molecule has 2 N–H and O–H groups in total. The first-order valence-corrected chi connectivity index (χ1v) is 8.90. The molecule has 2 rings (SSSR count). The van der Waals surface area contributed by atoms with E-state index in [2.05, 4.69) is 5.32 Å². The van der Waals surface area contributed by atoms with Crippen LogP contribution >= 0.6 is 0 Å². The molecular weight excluding hydrogens is 378 g/mol. The lowest BCUT2D eigenvalue weighted by atomic mass is 10.0. The van der Waals surface area contributed by atoms with Crippen LogP contribution < -0.4 is 19.5 Å². The fourth-order valence-corrected chi connectivity index (χ4v) is 3.14. The molecule has 2 aromatic rings. The first-order chi connectivity index (χ1) is 14.0. The molecule has 0 unspecified atom stereocenters. The average Bonchev–Trinajstić information content (AvgIpc) is 2.76. The van der Waals surface area contributed by atoms with Crippen molar-refractivity contribution in [1.29, 1.82) is 0 Å². The average molecular weight is 405 g/mol. The molecule has 0 saturated heterocycles. The molecule has 0 radical (unpaired) electrons. The van der Waals surface area contributed by atoms with Gasteiger partial charge in [0, 0.05) is 14.2 Å². The van der Waals surface area contributed by atoms with E-state index in [0.717, 1.165) is 5.56 Å². The molecule has 8 heteroatoms. The van der Waals surface area contributed by atoms with E-state index >= 15 is 0 Å². The highest BCUT2D eigenvalue weighted by Gasteiger charge is 2.41. The molecule has 0 saturated carbocycles. The minimum atomic E-state index is -1.61. The zero-order valence-electron chi connectivity index (χ0n) is 17.2. The molecule has 0 aliphatic rings. The van der Waals surface area contributed by atoms with Crippen molar-refractivity contribution in [3.63, 3.8) is 0 Å². The van der Waals surface area contributed by atoms with Crippen molar-refractivity contribution in [3.05, 3.63) is 53.6 Å². The summed E-state index contributed by atoms with van der Waals surface area (Å²) in [5.41, 5.74) is 1.26. The number of nitrogens with one attached hydrogen (secondary N) is 1. The third-order valence-electron chi connectivity index (χ3n) is 4.58. The molecule has 0 fully saturated rings. The van der Waals surface area contributed by atoms with Crippen LogP contribution in [0.4, 0.5) is 0 Å². The van der Waals surface area contributed by atoms with Gasteiger partial charge in [0.25, 0.3) is 5.91 Å². The number of methoxy groups -OCH3 is 5. The second-order valence-corrected chi connectivity index (χ2v) is 6.13. The van der Waals surface area contributed by atoms with E-state index in [9.17, 15) is 9.90 Å². The third-order valence-corrected chi connectivity index (χ3v) is 4.58. The van der Waals surface area contributed by atoms with Crippen LogP contribution in [-0.2, 0) is 26.6 Å². The van der Waals surface area contributed by atoms with E-state index in [4.69, 9.17) is 23.7 Å². The van der Waals surface area contributed by atoms with Crippen molar-refractivity contribution in [2.24, 2.45) is 0 Å². The van der Waals surface area contributed by atoms with E-state index in [1.807, 2.05) is 30.3 Å². The second kappa shape index (κ2) is 10.1. The van der Waals surface area contributed by atoms with Crippen molar-refractivity contribution in [1.82, 2.24) is 5.32 Å². The molecule has 29 heavy (non-hydrogen) atoms. The lowest BCUT2D eigenvalue weighted by Crippen LogP contribution is -2.54. The number of benzene rings is 2. The first kappa shape index (κ1) is 22.5. The number of carboxylic acid groups (broad SMARTS) is 1. The molecule has 0 heterocycles. The predicted octanol–water partition coefficient (Wildman–Crippen LogP) is 2.40. The van der Waals surface area contributed by atoms with Crippen LogP contribution in [0, 0.1) is 0 Å². The first-order valence-electron chi connectivity index (χ1n) is 8.90. The van der Waals surface area contributed by atoms with E-state index in [1.54, 1.807) is 12.1 Å². The Bertz CT molecular complexity index is 806. The summed E-state index contributed by atoms with van der Waals surface area (Å²) in [6.07, 6.45) is 0.222. The Morgan fingerprint density at radius 2 is 1.55 bits per heavy atom. The molecule has 0 amide bonds. The van der Waals surface area contributed by atoms with Gasteiger partial charge in [-0.05, 0) is 24.1 Å². The fraction of sp³-hybridized carbons (Fsp3) is 0.381. The highest BCUT2D eigenvalue weighted by Crippen LogP contribution is 2.44. The van der Waals surface area contributed by atoms with Gasteiger partial charge in [0.2, 0.25) is 5.75 Å². The third kappa shape index (κ3) is 4.79. The maximum atomic E-state index is 12.0. The van der Waals surface area contributed by atoms with Gasteiger partial charge in [-0.25, -0.2) is 5.32 Å². The molecular formula is C21H27NO7. The SMILES string of the molecule is COc1ccc(C(N[C@@H](Cc2ccccc2)C(=O)O)(OC)OC)c(OC)c1OC. The summed E-state index contributed by atoms with van der Waals surface area (Å²) in [5.74, 6) is -1.57. The van der Waals surface area contributed by atoms with Crippen LogP contribution in [0.1, 0.15) is 11.1 Å². The highest BCUT2D eigenvalue weighted by molar-refractivity contribution is 5.74. The number of carboxylic acids is 1. The van der Waals surface area contributed by atoms with Gasteiger partial charge in [0.15, 0.2) is 11.5 Å². The monoisotopic (exact) mass is 405 g/mol. The van der Waals surface area contributed by atoms with Crippen LogP contribution in [0.5, 0.6) is 17.2 Å². The summed E-state index contributed by atoms with van der Waals surface area (Å²) in [4.78, 5) is 12.0. The summed E-state index contributed by atoms with van der Waals surface area (Å²) in [5, 5.41) is 12.8. The Balaban J connectivity index is 2.51. The van der Waals surface area contributed by atoms with Gasteiger partial charge in [0.05, 0.1) is 26.9 Å². The zero-order valence-corrected chi connectivity index (χ0v) is 17.2. The Morgan fingerprint density at radius 3 is 2.03 bits per heavy atom. The smallest absolute Gasteiger partial charge is 0.321 e. The molecule has 0 spiro atoms. The van der Waals surface area contributed by atoms with Crippen LogP contribution in [0.15, 0.2) is 42.5 Å². The van der Waals surface area contributed by atoms with Gasteiger partial charge in [0.1, 0.15) is 6.04 Å². The maximum Gasteiger partial charge on any atom is 0.321 e. The van der Waals surface area contributed by atoms with E-state index in [1.165, 1.54) is 35.5 Å². The number of hydrogen-bond donors (Lipinski definition) is 2. The molecule has 158 valence electrons. The largest absolute Gasteiger partial charge is 0.493 e. The molecule has 0 aliphatic heterocycles. The standard InChI is InChI=1S/C21H27NO7/c1-25-17-12-11-15(18(26-2)19(17)27-3)21(28-4,29-5)22-16(20(23)24)13-14-9-7-6-8-10-14/h6-12,16,22H,13H2,1-5H3,(H,23,24)/t16-/m0/s1. The Kier molecular flexibility index (Phi) is 7.83. The highest BCUT2D eigenvalue weighted by atomic mass is 16.7. The lowest BCUT2D eigenvalue weighted by Gasteiger charge is -2.35. The number of ether oxygens (including phenoxy) is 5. The van der Waals surface area contributed by atoms with Crippen LogP contribution in [0.25, 0.3) is 0 Å². The molecule has 0 aliphatic carbocycles. The van der Waals surface area contributed by atoms with Crippen LogP contribution in [0.3, 0.4) is 0 Å². The fourth-order valence-electron chi connectivity index (χ4n) is 3.14. The quantitative estimate of drug-likeness (QED) is 0.551. The van der Waals surface area contributed by atoms with Gasteiger partial charge < -0.3 is 28.8 Å². The maximum absolute atomic E-state index is 12.0. The minimum absolute atomic E-state index is 0.222. The number of carbonyl (C=O) groups is 1. The zero-order chi connectivity index (χ0) is 21.4. The lowest BCUT2D eigenvalue weighted by molar-refractivity contribution is -0.244. The van der Waals surface area contributed by atoms with Crippen molar-refractivity contribution in [2.75, 3.05) is 35.5 Å².